The van der Waals surface area contributed by atoms with Crippen LogP contribution in [-0.2, 0) is 10.0 Å². The van der Waals surface area contributed by atoms with E-state index in [1.807, 2.05) is 0 Å². The van der Waals surface area contributed by atoms with Crippen molar-refractivity contribution in [3.63, 3.8) is 0 Å². The minimum atomic E-state index is -3.54. The maximum Gasteiger partial charge on any atom is 0.250 e. The molecule has 2 bridgehead atoms. The molecule has 0 amide bonds. The molecule has 3 unspecified atom stereocenters. The summed E-state index contributed by atoms with van der Waals surface area (Å²) in [6, 6.07) is 2.98. The lowest BCUT2D eigenvalue weighted by Crippen LogP contribution is -2.51. The van der Waals surface area contributed by atoms with E-state index in [-0.39, 0.29) is 22.3 Å². The topological polar surface area (TPSA) is 66.4 Å². The van der Waals surface area contributed by atoms with Crippen LogP contribution in [0.5, 0.6) is 0 Å². The first-order chi connectivity index (χ1) is 9.47. The molecule has 2 aliphatic carbocycles. The number of aliphatic hydroxyl groups is 1. The molecule has 2 aliphatic rings. The number of thiophene rings is 1. The fourth-order valence-electron chi connectivity index (χ4n) is 3.75. The standard InChI is InChI=1S/C13H18ClNO3S2/c14-10-3-4-11(19-10)20(17,18)15-12-9-2-1-6-13(12,8-16)7-5-9/h3-4,9,12,15-16H,1-2,5-8H2. The highest BCUT2D eigenvalue weighted by Crippen LogP contribution is 2.51. The molecule has 4 nitrogen and oxygen atoms in total. The minimum Gasteiger partial charge on any atom is -0.396 e. The number of halogens is 1. The van der Waals surface area contributed by atoms with Gasteiger partial charge in [0.2, 0.25) is 10.0 Å². The second-order valence-corrected chi connectivity index (χ2v) is 9.52. The van der Waals surface area contributed by atoms with Crippen LogP contribution >= 0.6 is 22.9 Å². The number of hydrogen-bond donors (Lipinski definition) is 2. The molecule has 7 heteroatoms. The molecule has 112 valence electrons. The Morgan fingerprint density at radius 2 is 2.20 bits per heavy atom. The van der Waals surface area contributed by atoms with Gasteiger partial charge in [0.25, 0.3) is 0 Å². The van der Waals surface area contributed by atoms with Crippen molar-refractivity contribution in [2.45, 2.75) is 42.4 Å². The summed E-state index contributed by atoms with van der Waals surface area (Å²) < 4.78 is 28.5. The Balaban J connectivity index is 1.87. The van der Waals surface area contributed by atoms with E-state index in [0.29, 0.717) is 10.3 Å². The minimum absolute atomic E-state index is 0.0574. The van der Waals surface area contributed by atoms with Crippen LogP contribution in [0.15, 0.2) is 16.3 Å². The smallest absolute Gasteiger partial charge is 0.250 e. The number of fused-ring (bicyclic) bond motifs is 2. The van der Waals surface area contributed by atoms with Crippen LogP contribution in [0, 0.1) is 11.3 Å². The fourth-order valence-corrected chi connectivity index (χ4v) is 6.65. The Bertz CT molecular complexity index is 597. The van der Waals surface area contributed by atoms with Gasteiger partial charge < -0.3 is 5.11 Å². The Labute approximate surface area is 128 Å². The molecule has 0 spiro atoms. The molecule has 2 saturated carbocycles. The highest BCUT2D eigenvalue weighted by Gasteiger charge is 2.51. The Morgan fingerprint density at radius 3 is 2.85 bits per heavy atom. The molecule has 3 atom stereocenters. The maximum atomic E-state index is 12.4. The van der Waals surface area contributed by atoms with Gasteiger partial charge in [0.15, 0.2) is 0 Å². The van der Waals surface area contributed by atoms with Crippen molar-refractivity contribution in [3.8, 4) is 0 Å². The number of aliphatic hydroxyl groups excluding tert-OH is 1. The lowest BCUT2D eigenvalue weighted by Gasteiger charge is -2.40. The normalized spacial score (nSPS) is 33.5. The maximum absolute atomic E-state index is 12.4. The van der Waals surface area contributed by atoms with Crippen molar-refractivity contribution in [2.75, 3.05) is 6.61 Å². The van der Waals surface area contributed by atoms with Crippen molar-refractivity contribution >= 4 is 33.0 Å². The molecule has 0 radical (unpaired) electrons. The van der Waals surface area contributed by atoms with E-state index >= 15 is 0 Å². The van der Waals surface area contributed by atoms with E-state index in [1.54, 1.807) is 6.07 Å². The zero-order valence-corrected chi connectivity index (χ0v) is 13.4. The average Bonchev–Trinajstić information content (AvgIpc) is 2.90. The molecule has 2 N–H and O–H groups in total. The van der Waals surface area contributed by atoms with Crippen molar-refractivity contribution in [2.24, 2.45) is 11.3 Å². The SMILES string of the molecule is O=S(=O)(NC1C2CCCC1(CO)CC2)c1ccc(Cl)s1. The van der Waals surface area contributed by atoms with E-state index in [9.17, 15) is 13.5 Å². The van der Waals surface area contributed by atoms with Crippen molar-refractivity contribution in [1.29, 1.82) is 0 Å². The second kappa shape index (κ2) is 5.25. The summed E-state index contributed by atoms with van der Waals surface area (Å²) in [5, 5.41) is 9.76. The van der Waals surface area contributed by atoms with Gasteiger partial charge in [-0.2, -0.15) is 0 Å². The Kier molecular flexibility index (Phi) is 3.88. The van der Waals surface area contributed by atoms with E-state index in [2.05, 4.69) is 4.72 Å². The summed E-state index contributed by atoms with van der Waals surface area (Å²) in [6.07, 6.45) is 4.93. The summed E-state index contributed by atoms with van der Waals surface area (Å²) in [6.45, 7) is 0.0574. The third-order valence-electron chi connectivity index (χ3n) is 4.80. The molecule has 0 saturated heterocycles. The summed E-state index contributed by atoms with van der Waals surface area (Å²) in [7, 11) is -3.54. The summed E-state index contributed by atoms with van der Waals surface area (Å²) in [4.78, 5) is 0. The second-order valence-electron chi connectivity index (χ2n) is 5.87. The molecule has 1 aromatic rings. The van der Waals surface area contributed by atoms with Gasteiger partial charge in [-0.15, -0.1) is 11.3 Å². The molecule has 2 fully saturated rings. The highest BCUT2D eigenvalue weighted by molar-refractivity contribution is 7.91. The molecule has 0 aliphatic heterocycles. The summed E-state index contributed by atoms with van der Waals surface area (Å²) in [5.41, 5.74) is -0.267. The van der Waals surface area contributed by atoms with Gasteiger partial charge in [0, 0.05) is 11.5 Å². The molecule has 1 heterocycles. The zero-order chi connectivity index (χ0) is 14.4. The van der Waals surface area contributed by atoms with Gasteiger partial charge in [0.1, 0.15) is 4.21 Å². The van der Waals surface area contributed by atoms with Gasteiger partial charge in [-0.3, -0.25) is 0 Å². The van der Waals surface area contributed by atoms with Crippen LogP contribution < -0.4 is 4.72 Å². The highest BCUT2D eigenvalue weighted by atomic mass is 35.5. The quantitative estimate of drug-likeness (QED) is 0.888. The summed E-state index contributed by atoms with van der Waals surface area (Å²) >= 11 is 6.88. The largest absolute Gasteiger partial charge is 0.396 e. The molecule has 1 aromatic heterocycles. The van der Waals surface area contributed by atoms with Gasteiger partial charge >= 0.3 is 0 Å². The Morgan fingerprint density at radius 1 is 1.40 bits per heavy atom. The average molecular weight is 336 g/mol. The van der Waals surface area contributed by atoms with Crippen LogP contribution in [0.2, 0.25) is 4.34 Å². The molecular weight excluding hydrogens is 318 g/mol. The first-order valence-electron chi connectivity index (χ1n) is 6.85. The van der Waals surface area contributed by atoms with Crippen LogP contribution in [0.4, 0.5) is 0 Å². The van der Waals surface area contributed by atoms with Crippen LogP contribution in [0.1, 0.15) is 32.1 Å². The zero-order valence-electron chi connectivity index (χ0n) is 11.0. The monoisotopic (exact) mass is 335 g/mol. The molecule has 20 heavy (non-hydrogen) atoms. The van der Waals surface area contributed by atoms with Gasteiger partial charge in [-0.05, 0) is 43.7 Å². The molecular formula is C13H18ClNO3S2. The predicted octanol–water partition coefficient (Wildman–Crippen LogP) is 2.62. The van der Waals surface area contributed by atoms with E-state index in [0.717, 1.165) is 43.4 Å². The van der Waals surface area contributed by atoms with Crippen molar-refractivity contribution < 1.29 is 13.5 Å². The molecule has 0 aromatic carbocycles. The fraction of sp³-hybridized carbons (Fsp3) is 0.692. The van der Waals surface area contributed by atoms with Crippen LogP contribution in [0.25, 0.3) is 0 Å². The van der Waals surface area contributed by atoms with Crippen LogP contribution in [-0.4, -0.2) is 26.2 Å². The van der Waals surface area contributed by atoms with E-state index in [4.69, 9.17) is 11.6 Å². The number of hydrogen-bond acceptors (Lipinski definition) is 4. The predicted molar refractivity (Wildman–Crippen MR) is 79.5 cm³/mol. The van der Waals surface area contributed by atoms with E-state index < -0.39 is 10.0 Å². The number of rotatable bonds is 4. The third-order valence-corrected chi connectivity index (χ3v) is 7.97. The van der Waals surface area contributed by atoms with Crippen LogP contribution in [0.3, 0.4) is 0 Å². The van der Waals surface area contributed by atoms with Gasteiger partial charge in [-0.25, -0.2) is 13.1 Å². The lowest BCUT2D eigenvalue weighted by molar-refractivity contribution is 0.0697. The van der Waals surface area contributed by atoms with Crippen molar-refractivity contribution in [3.05, 3.63) is 16.5 Å². The van der Waals surface area contributed by atoms with Crippen molar-refractivity contribution in [1.82, 2.24) is 4.72 Å². The summed E-state index contributed by atoms with van der Waals surface area (Å²) in [5.74, 6) is 0.348. The Hall–Kier alpha value is -0.140. The third kappa shape index (κ3) is 2.41. The first-order valence-corrected chi connectivity index (χ1v) is 9.53. The molecule has 3 rings (SSSR count). The van der Waals surface area contributed by atoms with Gasteiger partial charge in [-0.1, -0.05) is 18.0 Å². The van der Waals surface area contributed by atoms with E-state index in [1.165, 1.54) is 6.07 Å². The number of nitrogens with one attached hydrogen (secondary N) is 1. The lowest BCUT2D eigenvalue weighted by atomic mass is 9.72. The van der Waals surface area contributed by atoms with Gasteiger partial charge in [0.05, 0.1) is 10.9 Å². The first kappa shape index (κ1) is 14.8. The number of sulfonamides is 1.